The zero-order valence-corrected chi connectivity index (χ0v) is 25.9. The number of para-hydroxylation sites is 1. The number of nitrogens with zero attached hydrogens (tertiary/aromatic N) is 1. The molecule has 3 heterocycles. The second-order valence-corrected chi connectivity index (χ2v) is 14.3. The Labute approximate surface area is 252 Å². The van der Waals surface area contributed by atoms with Crippen molar-refractivity contribution in [2.45, 2.75) is 67.1 Å². The maximum Gasteiger partial charge on any atom is 0.248 e. The van der Waals surface area contributed by atoms with E-state index in [1.54, 1.807) is 22.7 Å². The quantitative estimate of drug-likeness (QED) is 0.340. The van der Waals surface area contributed by atoms with Crippen molar-refractivity contribution in [3.05, 3.63) is 64.7 Å². The number of likely N-dealkylation sites (tertiary alicyclic amines) is 1. The van der Waals surface area contributed by atoms with E-state index < -0.39 is 28.7 Å². The highest BCUT2D eigenvalue weighted by Gasteiger charge is 2.76. The molecule has 0 saturated carbocycles. The first-order valence-electron chi connectivity index (χ1n) is 13.8. The minimum Gasteiger partial charge on any atom is -0.394 e. The van der Waals surface area contributed by atoms with Crippen LogP contribution in [0.25, 0.3) is 0 Å². The van der Waals surface area contributed by atoms with E-state index in [1.807, 2.05) is 63.2 Å². The third-order valence-corrected chi connectivity index (χ3v) is 12.4. The van der Waals surface area contributed by atoms with E-state index in [2.05, 4.69) is 26.6 Å². The predicted octanol–water partition coefficient (Wildman–Crippen LogP) is 4.77. The molecule has 3 unspecified atom stereocenters. The van der Waals surface area contributed by atoms with Crippen molar-refractivity contribution in [3.8, 4) is 0 Å². The van der Waals surface area contributed by atoms with Gasteiger partial charge in [-0.3, -0.25) is 14.4 Å². The minimum atomic E-state index is -0.867. The molecule has 5 rings (SSSR count). The molecule has 40 heavy (non-hydrogen) atoms. The van der Waals surface area contributed by atoms with Gasteiger partial charge >= 0.3 is 0 Å². The van der Waals surface area contributed by atoms with Gasteiger partial charge in [-0.05, 0) is 36.5 Å². The molecule has 3 aliphatic heterocycles. The van der Waals surface area contributed by atoms with Gasteiger partial charge in [0, 0.05) is 16.6 Å². The lowest BCUT2D eigenvalue weighted by Gasteiger charge is -2.39. The van der Waals surface area contributed by atoms with Crippen LogP contribution in [-0.2, 0) is 20.9 Å². The standard InChI is InChI=1S/C30H35BrClN3O4S/c1-4-16(2)21(15-36)35-26(28(38)34-24-17(3)9-8-12-20(24)32)30-13-19(31)25(40-30)22(23(30)29(35)39)27(37)33-14-18-10-6-5-7-11-18/h5-12,16,19,21-23,25-26,36H,4,13-15H2,1-3H3,(H,33,37)(H,34,38)/t16-,19?,21-,22-,23-,25-,26?,30?/m0/s1. The largest absolute Gasteiger partial charge is 0.394 e. The van der Waals surface area contributed by atoms with Gasteiger partial charge in [-0.25, -0.2) is 0 Å². The summed E-state index contributed by atoms with van der Waals surface area (Å²) in [5.41, 5.74) is 2.29. The van der Waals surface area contributed by atoms with Crippen LogP contribution in [0.3, 0.4) is 0 Å². The Morgan fingerprint density at radius 3 is 2.58 bits per heavy atom. The summed E-state index contributed by atoms with van der Waals surface area (Å²) in [6.45, 7) is 5.95. The van der Waals surface area contributed by atoms with Crippen molar-refractivity contribution in [3.63, 3.8) is 0 Å². The third-order valence-electron chi connectivity index (χ3n) is 8.90. The molecule has 2 aromatic rings. The molecule has 0 aromatic heterocycles. The highest BCUT2D eigenvalue weighted by atomic mass is 79.9. The number of fused-ring (bicyclic) bond motifs is 1. The van der Waals surface area contributed by atoms with Crippen molar-refractivity contribution in [1.29, 1.82) is 0 Å². The number of anilines is 1. The van der Waals surface area contributed by atoms with E-state index in [0.717, 1.165) is 17.5 Å². The molecule has 3 amide bonds. The van der Waals surface area contributed by atoms with Crippen LogP contribution < -0.4 is 10.6 Å². The second kappa shape index (κ2) is 11.7. The molecule has 2 bridgehead atoms. The Morgan fingerprint density at radius 1 is 1.20 bits per heavy atom. The maximum absolute atomic E-state index is 14.4. The molecule has 3 aliphatic rings. The van der Waals surface area contributed by atoms with Gasteiger partial charge in [-0.15, -0.1) is 11.8 Å². The fourth-order valence-corrected chi connectivity index (χ4v) is 10.6. The average molecular weight is 649 g/mol. The lowest BCUT2D eigenvalue weighted by Crippen LogP contribution is -2.56. The SMILES string of the molecule is CC[C@H](C)[C@H](CO)N1C(=O)[C@@H]2[C@H](C(=O)NCc3ccccc3)[C@H]3SC2(CC3Br)C1C(=O)Nc1c(C)cccc1Cl. The molecular formula is C30H35BrClN3O4S. The zero-order valence-electron chi connectivity index (χ0n) is 22.8. The lowest BCUT2D eigenvalue weighted by molar-refractivity contribution is -0.143. The van der Waals surface area contributed by atoms with E-state index in [-0.39, 0.29) is 40.3 Å². The molecule has 0 aliphatic carbocycles. The van der Waals surface area contributed by atoms with Gasteiger partial charge in [-0.1, -0.05) is 90.3 Å². The number of hydrogen-bond donors (Lipinski definition) is 3. The number of carbonyl (C=O) groups is 3. The number of carbonyl (C=O) groups excluding carboxylic acids is 3. The molecule has 10 heteroatoms. The summed E-state index contributed by atoms with van der Waals surface area (Å²) in [4.78, 5) is 44.0. The van der Waals surface area contributed by atoms with Gasteiger partial charge in [0.15, 0.2) is 0 Å². The Morgan fingerprint density at radius 2 is 1.93 bits per heavy atom. The van der Waals surface area contributed by atoms with Crippen LogP contribution in [0.5, 0.6) is 0 Å². The minimum absolute atomic E-state index is 0.0394. The first-order valence-corrected chi connectivity index (χ1v) is 15.9. The molecule has 3 N–H and O–H groups in total. The summed E-state index contributed by atoms with van der Waals surface area (Å²) >= 11 is 11.9. The summed E-state index contributed by atoms with van der Waals surface area (Å²) in [6, 6.07) is 13.6. The summed E-state index contributed by atoms with van der Waals surface area (Å²) in [6.07, 6.45) is 1.29. The summed E-state index contributed by atoms with van der Waals surface area (Å²) in [5, 5.41) is 16.9. The molecule has 3 saturated heterocycles. The van der Waals surface area contributed by atoms with Crippen LogP contribution in [0.2, 0.25) is 5.02 Å². The molecule has 8 atom stereocenters. The molecular weight excluding hydrogens is 614 g/mol. The number of aliphatic hydroxyl groups is 1. The van der Waals surface area contributed by atoms with Crippen molar-refractivity contribution < 1.29 is 19.5 Å². The van der Waals surface area contributed by atoms with Crippen molar-refractivity contribution in [2.75, 3.05) is 11.9 Å². The second-order valence-electron chi connectivity index (χ2n) is 11.2. The monoisotopic (exact) mass is 647 g/mol. The summed E-state index contributed by atoms with van der Waals surface area (Å²) < 4.78 is -0.815. The number of alkyl halides is 1. The van der Waals surface area contributed by atoms with Gasteiger partial charge in [0.25, 0.3) is 0 Å². The highest BCUT2D eigenvalue weighted by molar-refractivity contribution is 9.09. The van der Waals surface area contributed by atoms with Gasteiger partial charge in [-0.2, -0.15) is 0 Å². The fraction of sp³-hybridized carbons (Fsp3) is 0.500. The Hall–Kier alpha value is -2.07. The van der Waals surface area contributed by atoms with Gasteiger partial charge in [0.05, 0.1) is 39.9 Å². The first kappa shape index (κ1) is 29.4. The maximum atomic E-state index is 14.4. The van der Waals surface area contributed by atoms with Gasteiger partial charge in [0.1, 0.15) is 6.04 Å². The van der Waals surface area contributed by atoms with Crippen molar-refractivity contribution in [1.82, 2.24) is 10.2 Å². The van der Waals surface area contributed by atoms with E-state index in [9.17, 15) is 19.5 Å². The number of aliphatic hydroxyl groups excluding tert-OH is 1. The Balaban J connectivity index is 1.53. The smallest absolute Gasteiger partial charge is 0.248 e. The van der Waals surface area contributed by atoms with Crippen LogP contribution in [0.4, 0.5) is 5.69 Å². The predicted molar refractivity (Wildman–Crippen MR) is 162 cm³/mol. The van der Waals surface area contributed by atoms with E-state index in [0.29, 0.717) is 23.7 Å². The molecule has 3 fully saturated rings. The summed E-state index contributed by atoms with van der Waals surface area (Å²) in [7, 11) is 0. The molecule has 1 spiro atoms. The fourth-order valence-electron chi connectivity index (χ4n) is 6.72. The summed E-state index contributed by atoms with van der Waals surface area (Å²) in [5.74, 6) is -2.07. The number of nitrogens with one attached hydrogen (secondary N) is 2. The third kappa shape index (κ3) is 4.86. The topological polar surface area (TPSA) is 98.7 Å². The number of aryl methyl sites for hydroxylation is 1. The normalized spacial score (nSPS) is 30.2. The first-order chi connectivity index (χ1) is 19.1. The van der Waals surface area contributed by atoms with Crippen molar-refractivity contribution in [2.24, 2.45) is 17.8 Å². The van der Waals surface area contributed by atoms with Crippen LogP contribution in [0.15, 0.2) is 48.5 Å². The lowest BCUT2D eigenvalue weighted by atomic mass is 9.70. The van der Waals surface area contributed by atoms with Crippen LogP contribution in [0.1, 0.15) is 37.8 Å². The van der Waals surface area contributed by atoms with E-state index in [4.69, 9.17) is 11.6 Å². The van der Waals surface area contributed by atoms with Crippen LogP contribution in [-0.4, -0.2) is 61.2 Å². The zero-order chi connectivity index (χ0) is 28.8. The molecule has 2 aromatic carbocycles. The Bertz CT molecular complexity index is 1280. The number of hydrogen-bond acceptors (Lipinski definition) is 5. The average Bonchev–Trinajstić information content (AvgIpc) is 3.54. The highest BCUT2D eigenvalue weighted by Crippen LogP contribution is 2.68. The Kier molecular flexibility index (Phi) is 8.58. The van der Waals surface area contributed by atoms with Crippen LogP contribution >= 0.6 is 39.3 Å². The van der Waals surface area contributed by atoms with E-state index in [1.165, 1.54) is 0 Å². The van der Waals surface area contributed by atoms with Crippen molar-refractivity contribution >= 4 is 62.7 Å². The van der Waals surface area contributed by atoms with E-state index >= 15 is 0 Å². The number of amides is 3. The molecule has 0 radical (unpaired) electrons. The molecule has 7 nitrogen and oxygen atoms in total. The van der Waals surface area contributed by atoms with Crippen LogP contribution in [0, 0.1) is 24.7 Å². The number of rotatable bonds is 9. The van der Waals surface area contributed by atoms with Gasteiger partial charge < -0.3 is 20.6 Å². The number of halogens is 2. The number of thioether (sulfide) groups is 1. The van der Waals surface area contributed by atoms with Gasteiger partial charge in [0.2, 0.25) is 17.7 Å². The number of benzene rings is 2. The molecule has 214 valence electrons.